The lowest BCUT2D eigenvalue weighted by atomic mass is 10.1. The zero-order chi connectivity index (χ0) is 16.6. The van der Waals surface area contributed by atoms with E-state index in [1.165, 1.54) is 44.1 Å². The summed E-state index contributed by atoms with van der Waals surface area (Å²) < 4.78 is 0. The predicted molar refractivity (Wildman–Crippen MR) is 100 cm³/mol. The molecule has 1 aliphatic carbocycles. The van der Waals surface area contributed by atoms with Crippen molar-refractivity contribution in [1.82, 2.24) is 9.97 Å². The van der Waals surface area contributed by atoms with Crippen LogP contribution in [-0.4, -0.2) is 22.6 Å². The first-order valence-electron chi connectivity index (χ1n) is 9.22. The van der Waals surface area contributed by atoms with Crippen LogP contribution in [0.5, 0.6) is 0 Å². The zero-order valence-electron chi connectivity index (χ0n) is 14.6. The fourth-order valence-electron chi connectivity index (χ4n) is 3.39. The Labute approximate surface area is 145 Å². The molecule has 3 rings (SSSR count). The third-order valence-electron chi connectivity index (χ3n) is 4.78. The van der Waals surface area contributed by atoms with Crippen molar-refractivity contribution in [2.24, 2.45) is 0 Å². The number of aromatic nitrogens is 2. The van der Waals surface area contributed by atoms with Gasteiger partial charge in [-0.3, -0.25) is 0 Å². The summed E-state index contributed by atoms with van der Waals surface area (Å²) in [6.07, 6.45) is 9.57. The Hall–Kier alpha value is -2.10. The summed E-state index contributed by atoms with van der Waals surface area (Å²) in [6, 6.07) is 13.2. The highest BCUT2D eigenvalue weighted by molar-refractivity contribution is 5.49. The third kappa shape index (κ3) is 4.70. The molecule has 128 valence electrons. The van der Waals surface area contributed by atoms with E-state index in [0.717, 1.165) is 24.7 Å². The van der Waals surface area contributed by atoms with E-state index in [9.17, 15) is 0 Å². The Morgan fingerprint density at radius 3 is 2.50 bits per heavy atom. The van der Waals surface area contributed by atoms with Gasteiger partial charge < -0.3 is 10.2 Å². The molecular formula is C20H28N4. The Bertz CT molecular complexity index is 606. The first kappa shape index (κ1) is 16.7. The van der Waals surface area contributed by atoms with Crippen molar-refractivity contribution in [3.05, 3.63) is 48.3 Å². The van der Waals surface area contributed by atoms with Gasteiger partial charge in [0.2, 0.25) is 0 Å². The van der Waals surface area contributed by atoms with Crippen LogP contribution in [0.1, 0.15) is 51.0 Å². The fraction of sp³-hybridized carbons (Fsp3) is 0.500. The molecule has 1 heterocycles. The molecule has 24 heavy (non-hydrogen) atoms. The Morgan fingerprint density at radius 2 is 1.79 bits per heavy atom. The number of nitrogens with one attached hydrogen (secondary N) is 1. The molecule has 0 spiro atoms. The number of benzene rings is 1. The predicted octanol–water partition coefficient (Wildman–Crippen LogP) is 4.64. The van der Waals surface area contributed by atoms with Crippen LogP contribution in [0.3, 0.4) is 0 Å². The molecule has 0 bridgehead atoms. The van der Waals surface area contributed by atoms with Gasteiger partial charge in [-0.2, -0.15) is 0 Å². The maximum Gasteiger partial charge on any atom is 0.134 e. The normalized spacial score (nSPS) is 15.7. The van der Waals surface area contributed by atoms with Gasteiger partial charge in [0.1, 0.15) is 18.0 Å². The number of hydrogen-bond donors (Lipinski definition) is 1. The summed E-state index contributed by atoms with van der Waals surface area (Å²) in [5, 5.41) is 3.63. The minimum atomic E-state index is 0.555. The quantitative estimate of drug-likeness (QED) is 0.786. The maximum atomic E-state index is 4.49. The monoisotopic (exact) mass is 324 g/mol. The van der Waals surface area contributed by atoms with Gasteiger partial charge in [0.15, 0.2) is 0 Å². The van der Waals surface area contributed by atoms with Gasteiger partial charge in [0.05, 0.1) is 0 Å². The zero-order valence-corrected chi connectivity index (χ0v) is 14.6. The average molecular weight is 324 g/mol. The second-order valence-corrected chi connectivity index (χ2v) is 6.59. The van der Waals surface area contributed by atoms with E-state index in [-0.39, 0.29) is 0 Å². The van der Waals surface area contributed by atoms with Crippen LogP contribution in [0.2, 0.25) is 0 Å². The van der Waals surface area contributed by atoms with E-state index >= 15 is 0 Å². The number of hydrogen-bond acceptors (Lipinski definition) is 4. The van der Waals surface area contributed by atoms with Crippen LogP contribution in [-0.2, 0) is 6.54 Å². The summed E-state index contributed by atoms with van der Waals surface area (Å²) in [5.74, 6) is 1.95. The van der Waals surface area contributed by atoms with Crippen molar-refractivity contribution in [3.63, 3.8) is 0 Å². The van der Waals surface area contributed by atoms with E-state index in [2.05, 4.69) is 63.5 Å². The second-order valence-electron chi connectivity index (χ2n) is 6.59. The first-order chi connectivity index (χ1) is 11.8. The lowest BCUT2D eigenvalue weighted by Gasteiger charge is -2.23. The van der Waals surface area contributed by atoms with E-state index < -0.39 is 0 Å². The van der Waals surface area contributed by atoms with Crippen molar-refractivity contribution >= 4 is 11.6 Å². The standard InChI is InChI=1S/C20H28N4/c1-2-24(15-17-10-6-5-7-11-17)20-14-19(21-16-22-20)23-18-12-8-3-4-9-13-18/h5-7,10-11,14,16,18H,2-4,8-9,12-13,15H2,1H3,(H,21,22,23). The second kappa shape index (κ2) is 8.67. The molecule has 1 aliphatic rings. The van der Waals surface area contributed by atoms with Crippen molar-refractivity contribution in [2.45, 2.75) is 58.0 Å². The van der Waals surface area contributed by atoms with Gasteiger partial charge in [-0.25, -0.2) is 9.97 Å². The van der Waals surface area contributed by atoms with Crippen LogP contribution in [0.15, 0.2) is 42.7 Å². The average Bonchev–Trinajstić information content (AvgIpc) is 2.89. The van der Waals surface area contributed by atoms with Gasteiger partial charge in [-0.05, 0) is 25.3 Å². The summed E-state index contributed by atoms with van der Waals surface area (Å²) in [5.41, 5.74) is 1.30. The largest absolute Gasteiger partial charge is 0.367 e. The highest BCUT2D eigenvalue weighted by atomic mass is 15.2. The lowest BCUT2D eigenvalue weighted by Crippen LogP contribution is -2.24. The maximum absolute atomic E-state index is 4.49. The van der Waals surface area contributed by atoms with Crippen LogP contribution in [0.4, 0.5) is 11.6 Å². The molecule has 0 saturated heterocycles. The minimum absolute atomic E-state index is 0.555. The smallest absolute Gasteiger partial charge is 0.134 e. The van der Waals surface area contributed by atoms with Crippen molar-refractivity contribution in [2.75, 3.05) is 16.8 Å². The minimum Gasteiger partial charge on any atom is -0.367 e. The first-order valence-corrected chi connectivity index (χ1v) is 9.22. The summed E-state index contributed by atoms with van der Waals surface area (Å²) in [6.45, 7) is 3.97. The summed E-state index contributed by atoms with van der Waals surface area (Å²) >= 11 is 0. The number of nitrogens with zero attached hydrogens (tertiary/aromatic N) is 3. The molecule has 1 aromatic carbocycles. The number of rotatable bonds is 6. The van der Waals surface area contributed by atoms with Crippen molar-refractivity contribution < 1.29 is 0 Å². The van der Waals surface area contributed by atoms with Crippen molar-refractivity contribution in [1.29, 1.82) is 0 Å². The van der Waals surface area contributed by atoms with Crippen LogP contribution in [0, 0.1) is 0 Å². The molecule has 0 amide bonds. The molecule has 0 aliphatic heterocycles. The SMILES string of the molecule is CCN(Cc1ccccc1)c1cc(NC2CCCCCC2)ncn1. The van der Waals surface area contributed by atoms with Crippen molar-refractivity contribution in [3.8, 4) is 0 Å². The summed E-state index contributed by atoms with van der Waals surface area (Å²) in [7, 11) is 0. The third-order valence-corrected chi connectivity index (χ3v) is 4.78. The Balaban J connectivity index is 1.68. The fourth-order valence-corrected chi connectivity index (χ4v) is 3.39. The Morgan fingerprint density at radius 1 is 1.04 bits per heavy atom. The topological polar surface area (TPSA) is 41.0 Å². The van der Waals surface area contributed by atoms with E-state index in [0.29, 0.717) is 6.04 Å². The highest BCUT2D eigenvalue weighted by Gasteiger charge is 2.14. The molecule has 0 radical (unpaired) electrons. The Kier molecular flexibility index (Phi) is 6.05. The van der Waals surface area contributed by atoms with Gasteiger partial charge in [0.25, 0.3) is 0 Å². The molecule has 4 heteroatoms. The summed E-state index contributed by atoms with van der Waals surface area (Å²) in [4.78, 5) is 11.2. The molecule has 1 saturated carbocycles. The molecule has 0 unspecified atom stereocenters. The van der Waals surface area contributed by atoms with E-state index in [4.69, 9.17) is 0 Å². The highest BCUT2D eigenvalue weighted by Crippen LogP contribution is 2.22. The molecule has 1 aromatic heterocycles. The van der Waals surface area contributed by atoms with Gasteiger partial charge in [-0.15, -0.1) is 0 Å². The van der Waals surface area contributed by atoms with E-state index in [1.807, 2.05) is 0 Å². The molecule has 1 fully saturated rings. The van der Waals surface area contributed by atoms with Gasteiger partial charge >= 0.3 is 0 Å². The van der Waals surface area contributed by atoms with Crippen LogP contribution < -0.4 is 10.2 Å². The molecule has 2 aromatic rings. The van der Waals surface area contributed by atoms with Crippen LogP contribution in [0.25, 0.3) is 0 Å². The molecular weight excluding hydrogens is 296 g/mol. The van der Waals surface area contributed by atoms with E-state index in [1.54, 1.807) is 6.33 Å². The molecule has 0 atom stereocenters. The molecule has 1 N–H and O–H groups in total. The van der Waals surface area contributed by atoms with Gasteiger partial charge in [0, 0.05) is 25.2 Å². The number of anilines is 2. The van der Waals surface area contributed by atoms with Gasteiger partial charge in [-0.1, -0.05) is 56.0 Å². The lowest BCUT2D eigenvalue weighted by molar-refractivity contribution is 0.617. The molecule has 4 nitrogen and oxygen atoms in total. The van der Waals surface area contributed by atoms with Crippen LogP contribution >= 0.6 is 0 Å².